The summed E-state index contributed by atoms with van der Waals surface area (Å²) in [6.45, 7) is 6.94. The van der Waals surface area contributed by atoms with Crippen LogP contribution in [0.2, 0.25) is 0 Å². The molecule has 182 valence electrons. The lowest BCUT2D eigenvalue weighted by Gasteiger charge is -2.33. The number of nitriles is 1. The Morgan fingerprint density at radius 1 is 1.29 bits per heavy atom. The van der Waals surface area contributed by atoms with E-state index in [1.54, 1.807) is 42.9 Å². The summed E-state index contributed by atoms with van der Waals surface area (Å²) >= 11 is 5.17. The fraction of sp³-hybridized carbons (Fsp3) is 0.357. The second-order valence-electron chi connectivity index (χ2n) is 9.77. The predicted molar refractivity (Wildman–Crippen MR) is 143 cm³/mol. The van der Waals surface area contributed by atoms with Crippen LogP contribution in [0.1, 0.15) is 54.3 Å². The van der Waals surface area contributed by atoms with E-state index in [-0.39, 0.29) is 17.8 Å². The van der Waals surface area contributed by atoms with Gasteiger partial charge in [-0.2, -0.15) is 5.26 Å². The van der Waals surface area contributed by atoms with Gasteiger partial charge in [-0.15, -0.1) is 11.3 Å². The van der Waals surface area contributed by atoms with Gasteiger partial charge in [0.1, 0.15) is 23.5 Å². The van der Waals surface area contributed by atoms with Crippen molar-refractivity contribution in [3.05, 3.63) is 73.8 Å². The molecule has 0 fully saturated rings. The number of nitrogens with zero attached hydrogens (tertiary/aromatic N) is 2. The molecular weight excluding hydrogens is 527 g/mol. The van der Waals surface area contributed by atoms with Crippen LogP contribution in [-0.2, 0) is 19.4 Å². The highest BCUT2D eigenvalue weighted by Crippen LogP contribution is 2.45. The minimum Gasteiger partial charge on any atom is -0.493 e. The molecule has 0 bridgehead atoms. The quantitative estimate of drug-likeness (QED) is 0.290. The van der Waals surface area contributed by atoms with Gasteiger partial charge in [0.2, 0.25) is 0 Å². The van der Waals surface area contributed by atoms with Crippen LogP contribution in [0.15, 0.2) is 45.9 Å². The highest BCUT2D eigenvalue weighted by atomic mass is 79.9. The Kier molecular flexibility index (Phi) is 7.63. The molecule has 1 aromatic heterocycles. The van der Waals surface area contributed by atoms with Crippen molar-refractivity contribution in [3.63, 3.8) is 0 Å². The van der Waals surface area contributed by atoms with Gasteiger partial charge >= 0.3 is 0 Å². The van der Waals surface area contributed by atoms with Gasteiger partial charge in [0, 0.05) is 16.7 Å². The minimum absolute atomic E-state index is 0.0803. The monoisotopic (exact) mass is 554 g/mol. The Hall–Kier alpha value is -2.69. The maximum Gasteiger partial charge on any atom is 0.175 e. The van der Waals surface area contributed by atoms with E-state index in [1.165, 1.54) is 16.5 Å². The van der Waals surface area contributed by atoms with Gasteiger partial charge in [0.25, 0.3) is 0 Å². The maximum absolute atomic E-state index is 14.0. The fourth-order valence-corrected chi connectivity index (χ4v) is 6.17. The molecule has 1 aliphatic rings. The van der Waals surface area contributed by atoms with Gasteiger partial charge in [0.05, 0.1) is 17.1 Å². The van der Waals surface area contributed by atoms with E-state index in [0.29, 0.717) is 33.0 Å². The Labute approximate surface area is 218 Å². The molecule has 35 heavy (non-hydrogen) atoms. The number of ether oxygens (including phenoxy) is 2. The number of halogens is 2. The average Bonchev–Trinajstić information content (AvgIpc) is 3.18. The van der Waals surface area contributed by atoms with Gasteiger partial charge in [-0.1, -0.05) is 39.0 Å². The van der Waals surface area contributed by atoms with Gasteiger partial charge < -0.3 is 9.47 Å². The zero-order valence-electron chi connectivity index (χ0n) is 20.3. The number of thiophene rings is 1. The highest BCUT2D eigenvalue weighted by Gasteiger charge is 2.32. The standard InChI is InChI=1S/C28H28BrFN2O2S/c1-28(2,3)19-9-10-20-21(14-31)27(35-25(20)13-19)32-15-17-11-22(29)26(24(12-17)33-4)34-16-18-7-5-6-8-23(18)30/h5-8,11-12,15,19H,9-10,13,16H2,1-4H3/t19-/m0/s1. The van der Waals surface area contributed by atoms with Crippen molar-refractivity contribution in [2.75, 3.05) is 7.11 Å². The minimum atomic E-state index is -0.313. The highest BCUT2D eigenvalue weighted by molar-refractivity contribution is 9.10. The molecule has 4 rings (SSSR count). The first-order chi connectivity index (χ1) is 16.7. The molecule has 0 unspecified atom stereocenters. The molecule has 4 nitrogen and oxygen atoms in total. The number of hydrogen-bond acceptors (Lipinski definition) is 5. The summed E-state index contributed by atoms with van der Waals surface area (Å²) in [5.74, 6) is 1.29. The van der Waals surface area contributed by atoms with Crippen molar-refractivity contribution >= 4 is 38.5 Å². The molecule has 1 atom stereocenters. The first-order valence-electron chi connectivity index (χ1n) is 11.5. The fourth-order valence-electron chi connectivity index (χ4n) is 4.37. The second-order valence-corrected chi connectivity index (χ2v) is 11.7. The Morgan fingerprint density at radius 3 is 2.74 bits per heavy atom. The number of aliphatic imine (C=N–C) groups is 1. The third-order valence-corrected chi connectivity index (χ3v) is 8.25. The number of methoxy groups -OCH3 is 1. The molecule has 0 radical (unpaired) electrons. The van der Waals surface area contributed by atoms with Gasteiger partial charge in [-0.3, -0.25) is 0 Å². The first-order valence-corrected chi connectivity index (χ1v) is 13.1. The van der Waals surface area contributed by atoms with Crippen molar-refractivity contribution in [2.24, 2.45) is 16.3 Å². The van der Waals surface area contributed by atoms with E-state index in [2.05, 4.69) is 42.8 Å². The van der Waals surface area contributed by atoms with Crippen LogP contribution in [0.3, 0.4) is 0 Å². The second kappa shape index (κ2) is 10.5. The third kappa shape index (κ3) is 5.60. The van der Waals surface area contributed by atoms with Crippen molar-refractivity contribution < 1.29 is 13.9 Å². The molecule has 1 heterocycles. The van der Waals surface area contributed by atoms with Crippen LogP contribution in [0.25, 0.3) is 0 Å². The van der Waals surface area contributed by atoms with Crippen molar-refractivity contribution in [3.8, 4) is 17.6 Å². The van der Waals surface area contributed by atoms with Gasteiger partial charge in [-0.05, 0) is 75.9 Å². The molecule has 0 amide bonds. The number of fused-ring (bicyclic) bond motifs is 1. The van der Waals surface area contributed by atoms with Crippen molar-refractivity contribution in [1.29, 1.82) is 5.26 Å². The molecule has 0 aliphatic heterocycles. The SMILES string of the molecule is COc1cc(C=Nc2sc3c(c2C#N)CC[C@H](C(C)(C)C)C3)cc(Br)c1OCc1ccccc1F. The van der Waals surface area contributed by atoms with Crippen LogP contribution >= 0.6 is 27.3 Å². The Bertz CT molecular complexity index is 1300. The number of rotatable bonds is 6. The lowest BCUT2D eigenvalue weighted by molar-refractivity contribution is 0.218. The predicted octanol–water partition coefficient (Wildman–Crippen LogP) is 8.01. The molecule has 2 aromatic carbocycles. The Morgan fingerprint density at radius 2 is 2.06 bits per heavy atom. The van der Waals surface area contributed by atoms with E-state index in [4.69, 9.17) is 14.5 Å². The van der Waals surface area contributed by atoms with Crippen LogP contribution < -0.4 is 9.47 Å². The molecule has 1 aliphatic carbocycles. The van der Waals surface area contributed by atoms with Crippen LogP contribution in [0, 0.1) is 28.5 Å². The number of hydrogen-bond donors (Lipinski definition) is 0. The first kappa shape index (κ1) is 25.4. The summed E-state index contributed by atoms with van der Waals surface area (Å²) in [5, 5.41) is 10.6. The zero-order chi connectivity index (χ0) is 25.2. The van der Waals surface area contributed by atoms with E-state index in [1.807, 2.05) is 12.1 Å². The molecule has 0 spiro atoms. The smallest absolute Gasteiger partial charge is 0.175 e. The van der Waals surface area contributed by atoms with Gasteiger partial charge in [-0.25, -0.2) is 9.38 Å². The summed E-state index contributed by atoms with van der Waals surface area (Å²) < 4.78 is 26.0. The van der Waals surface area contributed by atoms with E-state index >= 15 is 0 Å². The summed E-state index contributed by atoms with van der Waals surface area (Å²) in [6.07, 6.45) is 4.78. The van der Waals surface area contributed by atoms with Crippen LogP contribution in [0.5, 0.6) is 11.5 Å². The summed E-state index contributed by atoms with van der Waals surface area (Å²) in [7, 11) is 1.56. The zero-order valence-corrected chi connectivity index (χ0v) is 22.7. The van der Waals surface area contributed by atoms with E-state index in [0.717, 1.165) is 29.8 Å². The van der Waals surface area contributed by atoms with E-state index < -0.39 is 0 Å². The number of benzene rings is 2. The van der Waals surface area contributed by atoms with Crippen LogP contribution in [0.4, 0.5) is 9.39 Å². The molecule has 0 saturated heterocycles. The van der Waals surface area contributed by atoms with Crippen molar-refractivity contribution in [2.45, 2.75) is 46.6 Å². The summed E-state index contributed by atoms with van der Waals surface area (Å²) in [6, 6.07) is 12.6. The maximum atomic E-state index is 14.0. The summed E-state index contributed by atoms with van der Waals surface area (Å²) in [4.78, 5) is 5.98. The molecule has 7 heteroatoms. The Balaban J connectivity index is 1.57. The third-order valence-electron chi connectivity index (χ3n) is 6.50. The van der Waals surface area contributed by atoms with Crippen molar-refractivity contribution in [1.82, 2.24) is 0 Å². The molecule has 3 aromatic rings. The van der Waals surface area contributed by atoms with Crippen LogP contribution in [-0.4, -0.2) is 13.3 Å². The van der Waals surface area contributed by atoms with E-state index in [9.17, 15) is 9.65 Å². The lowest BCUT2D eigenvalue weighted by atomic mass is 9.72. The molecular formula is C28H28BrFN2O2S. The molecule has 0 saturated carbocycles. The normalized spacial score (nSPS) is 15.6. The topological polar surface area (TPSA) is 54.6 Å². The molecule has 0 N–H and O–H groups in total. The van der Waals surface area contributed by atoms with Gasteiger partial charge in [0.15, 0.2) is 11.5 Å². The largest absolute Gasteiger partial charge is 0.493 e. The average molecular weight is 556 g/mol. The lowest BCUT2D eigenvalue weighted by Crippen LogP contribution is -2.26. The summed E-state index contributed by atoms with van der Waals surface area (Å²) in [5.41, 5.74) is 3.38.